The van der Waals surface area contributed by atoms with E-state index in [1.807, 2.05) is 6.92 Å². The second kappa shape index (κ2) is 5.60. The van der Waals surface area contributed by atoms with Gasteiger partial charge in [0, 0.05) is 32.1 Å². The van der Waals surface area contributed by atoms with E-state index in [4.69, 9.17) is 0 Å². The Hall–Kier alpha value is -2.57. The standard InChI is InChI=1S/C13H16N4O3/c1-3-14-11-5-4-10(8-12(11)17(19)20)9-16-7-6-15(2)13(16)18/h4-8,14H,3,9H2,1-2H3. The Kier molecular flexibility index (Phi) is 3.88. The summed E-state index contributed by atoms with van der Waals surface area (Å²) in [5.74, 6) is 0. The van der Waals surface area contributed by atoms with Gasteiger partial charge in [0.15, 0.2) is 0 Å². The monoisotopic (exact) mass is 276 g/mol. The van der Waals surface area contributed by atoms with Crippen LogP contribution in [-0.4, -0.2) is 20.6 Å². The molecule has 0 aliphatic heterocycles. The van der Waals surface area contributed by atoms with Crippen molar-refractivity contribution in [1.29, 1.82) is 0 Å². The van der Waals surface area contributed by atoms with Crippen LogP contribution in [0.2, 0.25) is 0 Å². The van der Waals surface area contributed by atoms with Gasteiger partial charge < -0.3 is 9.88 Å². The molecule has 0 unspecified atom stereocenters. The fourth-order valence-electron chi connectivity index (χ4n) is 1.99. The van der Waals surface area contributed by atoms with Crippen molar-refractivity contribution in [2.75, 3.05) is 11.9 Å². The molecule has 7 nitrogen and oxygen atoms in total. The van der Waals surface area contributed by atoms with Gasteiger partial charge in [-0.15, -0.1) is 0 Å². The minimum Gasteiger partial charge on any atom is -0.380 e. The number of nitrogens with zero attached hydrogens (tertiary/aromatic N) is 3. The van der Waals surface area contributed by atoms with Gasteiger partial charge in [-0.05, 0) is 18.6 Å². The van der Waals surface area contributed by atoms with Gasteiger partial charge >= 0.3 is 5.69 Å². The smallest absolute Gasteiger partial charge is 0.328 e. The lowest BCUT2D eigenvalue weighted by molar-refractivity contribution is -0.384. The fraction of sp³-hybridized carbons (Fsp3) is 0.308. The maximum atomic E-state index is 11.7. The number of nitro benzene ring substituents is 1. The SMILES string of the molecule is CCNc1ccc(Cn2ccn(C)c2=O)cc1[N+](=O)[O-]. The Morgan fingerprint density at radius 2 is 2.10 bits per heavy atom. The number of aromatic nitrogens is 2. The Bertz CT molecular complexity index is 687. The zero-order chi connectivity index (χ0) is 14.7. The summed E-state index contributed by atoms with van der Waals surface area (Å²) in [6, 6.07) is 4.95. The molecule has 0 bridgehead atoms. The first-order chi connectivity index (χ1) is 9.52. The molecule has 106 valence electrons. The summed E-state index contributed by atoms with van der Waals surface area (Å²) < 4.78 is 2.97. The number of aryl methyl sites for hydroxylation is 1. The number of anilines is 1. The summed E-state index contributed by atoms with van der Waals surface area (Å²) in [6.07, 6.45) is 3.32. The zero-order valence-corrected chi connectivity index (χ0v) is 11.4. The van der Waals surface area contributed by atoms with Crippen molar-refractivity contribution in [3.05, 3.63) is 56.8 Å². The number of benzene rings is 1. The van der Waals surface area contributed by atoms with E-state index in [0.29, 0.717) is 24.3 Å². The number of rotatable bonds is 5. The van der Waals surface area contributed by atoms with Gasteiger partial charge in [-0.3, -0.25) is 14.7 Å². The van der Waals surface area contributed by atoms with E-state index in [1.165, 1.54) is 15.2 Å². The van der Waals surface area contributed by atoms with Gasteiger partial charge in [-0.2, -0.15) is 0 Å². The number of imidazole rings is 1. The molecule has 1 heterocycles. The van der Waals surface area contributed by atoms with Gasteiger partial charge in [-0.1, -0.05) is 6.07 Å². The van der Waals surface area contributed by atoms with Crippen LogP contribution in [0.15, 0.2) is 35.4 Å². The van der Waals surface area contributed by atoms with Gasteiger partial charge in [0.05, 0.1) is 11.5 Å². The number of hydrogen-bond donors (Lipinski definition) is 1. The predicted octanol–water partition coefficient (Wildman–Crippen LogP) is 1.58. The van der Waals surface area contributed by atoms with Gasteiger partial charge in [0.1, 0.15) is 5.69 Å². The van der Waals surface area contributed by atoms with Crippen molar-refractivity contribution < 1.29 is 4.92 Å². The lowest BCUT2D eigenvalue weighted by Gasteiger charge is -2.07. The van der Waals surface area contributed by atoms with Crippen molar-refractivity contribution in [1.82, 2.24) is 9.13 Å². The molecule has 1 N–H and O–H groups in total. The first-order valence-electron chi connectivity index (χ1n) is 6.26. The van der Waals surface area contributed by atoms with Crippen molar-refractivity contribution in [2.24, 2.45) is 7.05 Å². The first-order valence-corrected chi connectivity index (χ1v) is 6.26. The molecular weight excluding hydrogens is 260 g/mol. The largest absolute Gasteiger partial charge is 0.380 e. The summed E-state index contributed by atoms with van der Waals surface area (Å²) in [5.41, 5.74) is 1.07. The highest BCUT2D eigenvalue weighted by Gasteiger charge is 2.14. The van der Waals surface area contributed by atoms with Crippen LogP contribution >= 0.6 is 0 Å². The lowest BCUT2D eigenvalue weighted by Crippen LogP contribution is -2.22. The molecule has 1 aromatic heterocycles. The molecule has 1 aromatic carbocycles. The van der Waals surface area contributed by atoms with Gasteiger partial charge in [-0.25, -0.2) is 4.79 Å². The molecule has 0 fully saturated rings. The number of nitro groups is 1. The van der Waals surface area contributed by atoms with E-state index in [9.17, 15) is 14.9 Å². The van der Waals surface area contributed by atoms with Crippen molar-refractivity contribution >= 4 is 11.4 Å². The predicted molar refractivity (Wildman–Crippen MR) is 76.0 cm³/mol. The molecule has 0 aliphatic rings. The average molecular weight is 276 g/mol. The molecule has 0 radical (unpaired) electrons. The quantitative estimate of drug-likeness (QED) is 0.664. The summed E-state index contributed by atoms with van der Waals surface area (Å²) in [6.45, 7) is 2.80. The summed E-state index contributed by atoms with van der Waals surface area (Å²) in [5, 5.41) is 14.0. The topological polar surface area (TPSA) is 82.1 Å². The minimum atomic E-state index is -0.421. The van der Waals surface area contributed by atoms with Crippen molar-refractivity contribution in [2.45, 2.75) is 13.5 Å². The van der Waals surface area contributed by atoms with E-state index in [0.717, 1.165) is 0 Å². The van der Waals surface area contributed by atoms with Crippen LogP contribution < -0.4 is 11.0 Å². The van der Waals surface area contributed by atoms with Crippen molar-refractivity contribution in [3.8, 4) is 0 Å². The van der Waals surface area contributed by atoms with Gasteiger partial charge in [0.25, 0.3) is 5.69 Å². The summed E-state index contributed by atoms with van der Waals surface area (Å²) in [4.78, 5) is 22.4. The average Bonchev–Trinajstić information content (AvgIpc) is 2.72. The van der Waals surface area contributed by atoms with E-state index in [-0.39, 0.29) is 11.4 Å². The summed E-state index contributed by atoms with van der Waals surface area (Å²) in [7, 11) is 1.66. The normalized spacial score (nSPS) is 10.5. The second-order valence-corrected chi connectivity index (χ2v) is 4.46. The van der Waals surface area contributed by atoms with Crippen LogP contribution in [0.1, 0.15) is 12.5 Å². The third-order valence-electron chi connectivity index (χ3n) is 3.00. The van der Waals surface area contributed by atoms with Crippen LogP contribution in [0, 0.1) is 10.1 Å². The first kappa shape index (κ1) is 13.9. The summed E-state index contributed by atoms with van der Waals surface area (Å²) >= 11 is 0. The van der Waals surface area contributed by atoms with Crippen LogP contribution in [-0.2, 0) is 13.6 Å². The highest BCUT2D eigenvalue weighted by molar-refractivity contribution is 5.62. The maximum absolute atomic E-state index is 11.7. The molecule has 0 saturated carbocycles. The molecule has 2 aromatic rings. The fourth-order valence-corrected chi connectivity index (χ4v) is 1.99. The third-order valence-corrected chi connectivity index (χ3v) is 3.00. The second-order valence-electron chi connectivity index (χ2n) is 4.46. The van der Waals surface area contributed by atoms with Crippen LogP contribution in [0.4, 0.5) is 11.4 Å². The zero-order valence-electron chi connectivity index (χ0n) is 11.4. The molecule has 0 spiro atoms. The van der Waals surface area contributed by atoms with Crippen LogP contribution in [0.5, 0.6) is 0 Å². The van der Waals surface area contributed by atoms with E-state index in [2.05, 4.69) is 5.32 Å². The van der Waals surface area contributed by atoms with E-state index >= 15 is 0 Å². The highest BCUT2D eigenvalue weighted by Crippen LogP contribution is 2.25. The number of nitrogens with one attached hydrogen (secondary N) is 1. The Morgan fingerprint density at radius 1 is 1.35 bits per heavy atom. The number of hydrogen-bond acceptors (Lipinski definition) is 4. The van der Waals surface area contributed by atoms with Crippen LogP contribution in [0.25, 0.3) is 0 Å². The molecule has 0 amide bonds. The molecule has 20 heavy (non-hydrogen) atoms. The van der Waals surface area contributed by atoms with E-state index in [1.54, 1.807) is 31.6 Å². The molecular formula is C13H16N4O3. The third kappa shape index (κ3) is 2.71. The molecule has 0 atom stereocenters. The molecule has 0 saturated heterocycles. The highest BCUT2D eigenvalue weighted by atomic mass is 16.6. The van der Waals surface area contributed by atoms with Crippen LogP contribution in [0.3, 0.4) is 0 Å². The lowest BCUT2D eigenvalue weighted by atomic mass is 10.1. The van der Waals surface area contributed by atoms with Crippen molar-refractivity contribution in [3.63, 3.8) is 0 Å². The Morgan fingerprint density at radius 3 is 2.65 bits per heavy atom. The Labute approximate surface area is 115 Å². The van der Waals surface area contributed by atoms with Gasteiger partial charge in [0.2, 0.25) is 0 Å². The van der Waals surface area contributed by atoms with E-state index < -0.39 is 4.92 Å². The Balaban J connectivity index is 2.34. The molecule has 7 heteroatoms. The minimum absolute atomic E-state index is 0.0216. The molecule has 2 rings (SSSR count). The molecule has 0 aliphatic carbocycles. The maximum Gasteiger partial charge on any atom is 0.328 e.